The molecule has 3 rings (SSSR count). The number of pyridine rings is 1. The molecule has 7 heteroatoms. The van der Waals surface area contributed by atoms with Gasteiger partial charge in [0.15, 0.2) is 5.15 Å². The van der Waals surface area contributed by atoms with E-state index in [-0.39, 0.29) is 12.5 Å². The summed E-state index contributed by atoms with van der Waals surface area (Å²) in [4.78, 5) is 28.3. The van der Waals surface area contributed by atoms with E-state index in [1.165, 1.54) is 6.08 Å². The number of imidazole rings is 1. The van der Waals surface area contributed by atoms with Crippen molar-refractivity contribution in [3.05, 3.63) is 71.1 Å². The summed E-state index contributed by atoms with van der Waals surface area (Å²) >= 11 is 6.12. The van der Waals surface area contributed by atoms with E-state index < -0.39 is 5.91 Å². The van der Waals surface area contributed by atoms with E-state index in [1.807, 2.05) is 55.6 Å². The zero-order valence-electron chi connectivity index (χ0n) is 14.8. The SMILES string of the molecule is CCc1ccccc1NC(=O)CNC(=O)/C=C/c1c(Cl)nc2ccccn12. The van der Waals surface area contributed by atoms with Crippen LogP contribution in [0.25, 0.3) is 11.7 Å². The summed E-state index contributed by atoms with van der Waals surface area (Å²) < 4.78 is 1.78. The first kappa shape index (κ1) is 18.7. The maximum atomic E-state index is 12.1. The quantitative estimate of drug-likeness (QED) is 0.642. The lowest BCUT2D eigenvalue weighted by molar-refractivity contribution is -0.121. The van der Waals surface area contributed by atoms with Gasteiger partial charge in [-0.2, -0.15) is 0 Å². The van der Waals surface area contributed by atoms with Crippen LogP contribution in [-0.2, 0) is 16.0 Å². The van der Waals surface area contributed by atoms with E-state index >= 15 is 0 Å². The second-order valence-corrected chi connectivity index (χ2v) is 6.18. The molecule has 0 aliphatic rings. The molecular weight excluding hydrogens is 364 g/mol. The number of hydrogen-bond acceptors (Lipinski definition) is 3. The zero-order valence-corrected chi connectivity index (χ0v) is 15.5. The van der Waals surface area contributed by atoms with Crippen molar-refractivity contribution in [2.75, 3.05) is 11.9 Å². The van der Waals surface area contributed by atoms with E-state index in [0.717, 1.165) is 17.7 Å². The molecule has 0 aliphatic carbocycles. The fourth-order valence-corrected chi connectivity index (χ4v) is 2.90. The predicted molar refractivity (Wildman–Crippen MR) is 107 cm³/mol. The van der Waals surface area contributed by atoms with Gasteiger partial charge in [-0.25, -0.2) is 4.98 Å². The van der Waals surface area contributed by atoms with Gasteiger partial charge >= 0.3 is 0 Å². The zero-order chi connectivity index (χ0) is 19.2. The third-order valence-corrected chi connectivity index (χ3v) is 4.29. The van der Waals surface area contributed by atoms with Crippen LogP contribution in [0.5, 0.6) is 0 Å². The van der Waals surface area contributed by atoms with E-state index in [0.29, 0.717) is 16.5 Å². The van der Waals surface area contributed by atoms with Crippen molar-refractivity contribution in [3.8, 4) is 0 Å². The summed E-state index contributed by atoms with van der Waals surface area (Å²) in [7, 11) is 0. The van der Waals surface area contributed by atoms with Gasteiger partial charge in [0.2, 0.25) is 11.8 Å². The minimum absolute atomic E-state index is 0.123. The highest BCUT2D eigenvalue weighted by atomic mass is 35.5. The molecule has 0 saturated carbocycles. The average Bonchev–Trinajstić information content (AvgIpc) is 3.00. The van der Waals surface area contributed by atoms with Gasteiger partial charge in [-0.3, -0.25) is 14.0 Å². The number of para-hydroxylation sites is 1. The number of carbonyl (C=O) groups excluding carboxylic acids is 2. The van der Waals surface area contributed by atoms with Gasteiger partial charge in [0.05, 0.1) is 12.2 Å². The Kier molecular flexibility index (Phi) is 5.88. The molecular formula is C20H19ClN4O2. The van der Waals surface area contributed by atoms with Crippen molar-refractivity contribution >= 4 is 40.8 Å². The Morgan fingerprint density at radius 1 is 1.19 bits per heavy atom. The second kappa shape index (κ2) is 8.51. The third-order valence-electron chi connectivity index (χ3n) is 4.01. The van der Waals surface area contributed by atoms with Gasteiger partial charge in [-0.05, 0) is 36.3 Å². The number of anilines is 1. The number of fused-ring (bicyclic) bond motifs is 1. The summed E-state index contributed by atoms with van der Waals surface area (Å²) in [6, 6.07) is 13.1. The van der Waals surface area contributed by atoms with Crippen LogP contribution in [0.15, 0.2) is 54.7 Å². The largest absolute Gasteiger partial charge is 0.343 e. The van der Waals surface area contributed by atoms with Crippen molar-refractivity contribution in [1.82, 2.24) is 14.7 Å². The number of carbonyl (C=O) groups is 2. The Balaban J connectivity index is 1.58. The van der Waals surface area contributed by atoms with Crippen molar-refractivity contribution in [3.63, 3.8) is 0 Å². The molecule has 1 aromatic carbocycles. The summed E-state index contributed by atoms with van der Waals surface area (Å²) in [5.74, 6) is -0.679. The number of rotatable bonds is 6. The number of aryl methyl sites for hydroxylation is 1. The van der Waals surface area contributed by atoms with Crippen LogP contribution < -0.4 is 10.6 Å². The minimum atomic E-state index is -0.393. The number of nitrogens with zero attached hydrogens (tertiary/aromatic N) is 2. The Bertz CT molecular complexity index is 1010. The highest BCUT2D eigenvalue weighted by Crippen LogP contribution is 2.18. The van der Waals surface area contributed by atoms with E-state index in [4.69, 9.17) is 11.6 Å². The van der Waals surface area contributed by atoms with Crippen LogP contribution in [0, 0.1) is 0 Å². The summed E-state index contributed by atoms with van der Waals surface area (Å²) in [6.07, 6.45) is 5.52. The standard InChI is InChI=1S/C20H19ClN4O2/c1-2-14-7-3-4-8-15(14)23-19(27)13-22-18(26)11-10-16-20(21)24-17-9-5-6-12-25(16)17/h3-12H,2,13H2,1H3,(H,22,26)(H,23,27)/b11-10+. The van der Waals surface area contributed by atoms with Crippen molar-refractivity contribution in [2.45, 2.75) is 13.3 Å². The molecule has 0 bridgehead atoms. The average molecular weight is 383 g/mol. The topological polar surface area (TPSA) is 75.5 Å². The summed E-state index contributed by atoms with van der Waals surface area (Å²) in [6.45, 7) is 1.89. The lowest BCUT2D eigenvalue weighted by atomic mass is 10.1. The van der Waals surface area contributed by atoms with E-state index in [2.05, 4.69) is 15.6 Å². The lowest BCUT2D eigenvalue weighted by Crippen LogP contribution is -2.31. The lowest BCUT2D eigenvalue weighted by Gasteiger charge is -2.09. The molecule has 27 heavy (non-hydrogen) atoms. The molecule has 2 aromatic heterocycles. The van der Waals surface area contributed by atoms with Gasteiger partial charge < -0.3 is 10.6 Å². The van der Waals surface area contributed by atoms with Crippen LogP contribution >= 0.6 is 11.6 Å². The first-order valence-electron chi connectivity index (χ1n) is 8.54. The predicted octanol–water partition coefficient (Wildman–Crippen LogP) is 3.32. The molecule has 2 heterocycles. The number of aromatic nitrogens is 2. The van der Waals surface area contributed by atoms with E-state index in [9.17, 15) is 9.59 Å². The maximum Gasteiger partial charge on any atom is 0.244 e. The molecule has 138 valence electrons. The number of halogens is 1. The molecule has 2 amide bonds. The highest BCUT2D eigenvalue weighted by molar-refractivity contribution is 6.31. The first-order chi connectivity index (χ1) is 13.1. The van der Waals surface area contributed by atoms with Crippen LogP contribution in [0.3, 0.4) is 0 Å². The van der Waals surface area contributed by atoms with Gasteiger partial charge in [0.1, 0.15) is 5.65 Å². The normalized spacial score (nSPS) is 11.0. The molecule has 0 atom stereocenters. The first-order valence-corrected chi connectivity index (χ1v) is 8.92. The Morgan fingerprint density at radius 2 is 1.96 bits per heavy atom. The number of benzene rings is 1. The van der Waals surface area contributed by atoms with Crippen LogP contribution in [-0.4, -0.2) is 27.7 Å². The fraction of sp³-hybridized carbons (Fsp3) is 0.150. The smallest absolute Gasteiger partial charge is 0.244 e. The monoisotopic (exact) mass is 382 g/mol. The van der Waals surface area contributed by atoms with Gasteiger partial charge in [0, 0.05) is 18.0 Å². The maximum absolute atomic E-state index is 12.1. The number of amides is 2. The second-order valence-electron chi connectivity index (χ2n) is 5.83. The molecule has 0 aliphatic heterocycles. The molecule has 3 aromatic rings. The summed E-state index contributed by atoms with van der Waals surface area (Å²) in [5.41, 5.74) is 3.09. The highest BCUT2D eigenvalue weighted by Gasteiger charge is 2.09. The molecule has 2 N–H and O–H groups in total. The molecule has 0 fully saturated rings. The minimum Gasteiger partial charge on any atom is -0.343 e. The summed E-state index contributed by atoms with van der Waals surface area (Å²) in [5, 5.41) is 5.67. The van der Waals surface area contributed by atoms with Crippen molar-refractivity contribution < 1.29 is 9.59 Å². The van der Waals surface area contributed by atoms with Crippen molar-refractivity contribution in [1.29, 1.82) is 0 Å². The molecule has 0 saturated heterocycles. The van der Waals surface area contributed by atoms with Crippen LogP contribution in [0.1, 0.15) is 18.2 Å². The van der Waals surface area contributed by atoms with E-state index in [1.54, 1.807) is 10.5 Å². The van der Waals surface area contributed by atoms with Crippen LogP contribution in [0.2, 0.25) is 5.15 Å². The van der Waals surface area contributed by atoms with Crippen molar-refractivity contribution in [2.24, 2.45) is 0 Å². The van der Waals surface area contributed by atoms with Crippen LogP contribution in [0.4, 0.5) is 5.69 Å². The Hall–Kier alpha value is -3.12. The molecule has 0 unspecified atom stereocenters. The Morgan fingerprint density at radius 3 is 2.78 bits per heavy atom. The van der Waals surface area contributed by atoms with Gasteiger partial charge in [0.25, 0.3) is 0 Å². The number of hydrogen-bond donors (Lipinski definition) is 2. The fourth-order valence-electron chi connectivity index (χ4n) is 2.66. The van der Waals surface area contributed by atoms with Gasteiger partial charge in [-0.15, -0.1) is 0 Å². The Labute approximate surface area is 161 Å². The third kappa shape index (κ3) is 4.54. The molecule has 6 nitrogen and oxygen atoms in total. The molecule has 0 radical (unpaired) electrons. The number of nitrogens with one attached hydrogen (secondary N) is 2. The van der Waals surface area contributed by atoms with Gasteiger partial charge in [-0.1, -0.05) is 42.8 Å². The molecule has 0 spiro atoms.